The Balaban J connectivity index is 1.62. The maximum absolute atomic E-state index is 5.60. The zero-order chi connectivity index (χ0) is 13.2. The maximum Gasteiger partial charge on any atom is 0.173 e. The number of anilines is 1. The number of fused-ring (bicyclic) bond motifs is 1. The minimum atomic E-state index is 0.324. The smallest absolute Gasteiger partial charge is 0.173 e. The van der Waals surface area contributed by atoms with Gasteiger partial charge in [-0.15, -0.1) is 0 Å². The zero-order valence-electron chi connectivity index (χ0n) is 10.7. The summed E-state index contributed by atoms with van der Waals surface area (Å²) in [5.74, 6) is 0. The fourth-order valence-corrected chi connectivity index (χ4v) is 3.36. The molecule has 19 heavy (non-hydrogen) atoms. The number of thiocarbonyl (C=S) groups is 1. The molecule has 1 saturated heterocycles. The molecule has 0 bridgehead atoms. The number of rotatable bonds is 2. The average Bonchev–Trinajstić information content (AvgIpc) is 3.04. The Morgan fingerprint density at radius 3 is 3.21 bits per heavy atom. The van der Waals surface area contributed by atoms with Crippen molar-refractivity contribution in [3.63, 3.8) is 0 Å². The molecule has 102 valence electrons. The van der Waals surface area contributed by atoms with E-state index in [9.17, 15) is 0 Å². The lowest BCUT2D eigenvalue weighted by molar-refractivity contribution is 0.114. The molecule has 1 aromatic carbocycles. The normalized spacial score (nSPS) is 21.5. The molecule has 0 aliphatic carbocycles. The van der Waals surface area contributed by atoms with Crippen molar-refractivity contribution in [3.05, 3.63) is 28.2 Å². The standard InChI is InChI=1S/C14H17BrN2OS/c15-11-3-4-13-10(8-11)5-6-17(13)14(19)16-9-12-2-1-7-18-12/h3-4,8,12H,1-2,5-7,9H2,(H,16,19)/t12-/m0/s1. The van der Waals surface area contributed by atoms with Gasteiger partial charge in [-0.05, 0) is 55.2 Å². The van der Waals surface area contributed by atoms with Gasteiger partial charge in [0.15, 0.2) is 5.11 Å². The second-order valence-electron chi connectivity index (χ2n) is 5.00. The molecule has 0 unspecified atom stereocenters. The van der Waals surface area contributed by atoms with Crippen molar-refractivity contribution in [1.82, 2.24) is 5.32 Å². The molecule has 0 aromatic heterocycles. The van der Waals surface area contributed by atoms with E-state index in [1.807, 2.05) is 0 Å². The van der Waals surface area contributed by atoms with Crippen LogP contribution in [-0.2, 0) is 11.2 Å². The van der Waals surface area contributed by atoms with Crippen LogP contribution in [0.15, 0.2) is 22.7 Å². The highest BCUT2D eigenvalue weighted by Gasteiger charge is 2.23. The van der Waals surface area contributed by atoms with Crippen LogP contribution in [0.5, 0.6) is 0 Å². The molecule has 0 radical (unpaired) electrons. The topological polar surface area (TPSA) is 24.5 Å². The number of ether oxygens (including phenoxy) is 1. The van der Waals surface area contributed by atoms with E-state index in [-0.39, 0.29) is 0 Å². The van der Waals surface area contributed by atoms with Crippen LogP contribution in [-0.4, -0.2) is 30.9 Å². The van der Waals surface area contributed by atoms with Crippen molar-refractivity contribution >= 4 is 38.9 Å². The third-order valence-electron chi connectivity index (χ3n) is 3.69. The molecule has 0 saturated carbocycles. The van der Waals surface area contributed by atoms with Crippen molar-refractivity contribution in [2.45, 2.75) is 25.4 Å². The highest BCUT2D eigenvalue weighted by Crippen LogP contribution is 2.30. The zero-order valence-corrected chi connectivity index (χ0v) is 13.1. The fraction of sp³-hybridized carbons (Fsp3) is 0.500. The Hall–Kier alpha value is -0.650. The van der Waals surface area contributed by atoms with Gasteiger partial charge in [-0.2, -0.15) is 0 Å². The number of hydrogen-bond acceptors (Lipinski definition) is 2. The molecule has 5 heteroatoms. The molecule has 1 atom stereocenters. The molecule has 2 heterocycles. The van der Waals surface area contributed by atoms with E-state index in [2.05, 4.69) is 44.3 Å². The molecule has 3 rings (SSSR count). The van der Waals surface area contributed by atoms with Crippen LogP contribution in [0, 0.1) is 0 Å². The first kappa shape index (κ1) is 13.3. The second kappa shape index (κ2) is 5.77. The van der Waals surface area contributed by atoms with Crippen molar-refractivity contribution in [2.75, 3.05) is 24.6 Å². The van der Waals surface area contributed by atoms with E-state index >= 15 is 0 Å². The fourth-order valence-electron chi connectivity index (χ4n) is 2.68. The summed E-state index contributed by atoms with van der Waals surface area (Å²) < 4.78 is 6.74. The first-order chi connectivity index (χ1) is 9.24. The van der Waals surface area contributed by atoms with Gasteiger partial charge in [0.1, 0.15) is 0 Å². The largest absolute Gasteiger partial charge is 0.376 e. The first-order valence-corrected chi connectivity index (χ1v) is 7.89. The Morgan fingerprint density at radius 1 is 1.53 bits per heavy atom. The lowest BCUT2D eigenvalue weighted by atomic mass is 10.2. The summed E-state index contributed by atoms with van der Waals surface area (Å²) in [5, 5.41) is 4.16. The summed E-state index contributed by atoms with van der Waals surface area (Å²) in [6.45, 7) is 2.67. The van der Waals surface area contributed by atoms with E-state index in [0.717, 1.165) is 42.1 Å². The lowest BCUT2D eigenvalue weighted by Crippen LogP contribution is -2.41. The summed E-state index contributed by atoms with van der Waals surface area (Å²) in [5.41, 5.74) is 2.59. The second-order valence-corrected chi connectivity index (χ2v) is 6.30. The van der Waals surface area contributed by atoms with Gasteiger partial charge < -0.3 is 15.0 Å². The van der Waals surface area contributed by atoms with Crippen LogP contribution in [0.2, 0.25) is 0 Å². The Kier molecular flexibility index (Phi) is 4.05. The van der Waals surface area contributed by atoms with Gasteiger partial charge in [-0.3, -0.25) is 0 Å². The summed E-state index contributed by atoms with van der Waals surface area (Å²) in [7, 11) is 0. The van der Waals surface area contributed by atoms with Gasteiger partial charge in [-0.25, -0.2) is 0 Å². The van der Waals surface area contributed by atoms with Gasteiger partial charge in [0.05, 0.1) is 6.10 Å². The Bertz CT molecular complexity index is 488. The molecule has 0 spiro atoms. The van der Waals surface area contributed by atoms with E-state index in [4.69, 9.17) is 17.0 Å². The molecular formula is C14H17BrN2OS. The van der Waals surface area contributed by atoms with Gasteiger partial charge in [0.2, 0.25) is 0 Å². The Morgan fingerprint density at radius 2 is 2.42 bits per heavy atom. The van der Waals surface area contributed by atoms with Crippen LogP contribution in [0.4, 0.5) is 5.69 Å². The maximum atomic E-state index is 5.60. The number of halogens is 1. The van der Waals surface area contributed by atoms with Crippen LogP contribution in [0.25, 0.3) is 0 Å². The van der Waals surface area contributed by atoms with Crippen LogP contribution >= 0.6 is 28.1 Å². The Labute approximate surface area is 127 Å². The third-order valence-corrected chi connectivity index (χ3v) is 4.55. The predicted octanol–water partition coefficient (Wildman–Crippen LogP) is 2.87. The van der Waals surface area contributed by atoms with Crippen LogP contribution in [0.3, 0.4) is 0 Å². The highest BCUT2D eigenvalue weighted by molar-refractivity contribution is 9.10. The molecule has 1 aromatic rings. The van der Waals surface area contributed by atoms with Gasteiger partial charge in [0, 0.05) is 29.9 Å². The van der Waals surface area contributed by atoms with Gasteiger partial charge in [-0.1, -0.05) is 15.9 Å². The molecule has 0 amide bonds. The number of nitrogens with zero attached hydrogens (tertiary/aromatic N) is 1. The van der Waals surface area contributed by atoms with E-state index in [1.54, 1.807) is 0 Å². The molecule has 1 N–H and O–H groups in total. The molecule has 3 nitrogen and oxygen atoms in total. The van der Waals surface area contributed by atoms with Gasteiger partial charge >= 0.3 is 0 Å². The van der Waals surface area contributed by atoms with Crippen LogP contribution < -0.4 is 10.2 Å². The SMILES string of the molecule is S=C(NC[C@@H]1CCCO1)N1CCc2cc(Br)ccc21. The lowest BCUT2D eigenvalue weighted by Gasteiger charge is -2.22. The molecule has 2 aliphatic heterocycles. The average molecular weight is 341 g/mol. The summed E-state index contributed by atoms with van der Waals surface area (Å²) in [4.78, 5) is 2.19. The van der Waals surface area contributed by atoms with E-state index < -0.39 is 0 Å². The predicted molar refractivity (Wildman–Crippen MR) is 84.8 cm³/mol. The third kappa shape index (κ3) is 2.93. The van der Waals surface area contributed by atoms with E-state index in [1.165, 1.54) is 17.7 Å². The molecule has 2 aliphatic rings. The minimum Gasteiger partial charge on any atom is -0.376 e. The quantitative estimate of drug-likeness (QED) is 0.836. The van der Waals surface area contributed by atoms with Crippen molar-refractivity contribution in [2.24, 2.45) is 0 Å². The van der Waals surface area contributed by atoms with Crippen molar-refractivity contribution in [3.8, 4) is 0 Å². The number of hydrogen-bond donors (Lipinski definition) is 1. The highest BCUT2D eigenvalue weighted by atomic mass is 79.9. The van der Waals surface area contributed by atoms with Crippen molar-refractivity contribution in [1.29, 1.82) is 0 Å². The van der Waals surface area contributed by atoms with Crippen molar-refractivity contribution < 1.29 is 4.74 Å². The first-order valence-electron chi connectivity index (χ1n) is 6.69. The summed E-state index contributed by atoms with van der Waals surface area (Å²) in [6, 6.07) is 6.38. The van der Waals surface area contributed by atoms with Gasteiger partial charge in [0.25, 0.3) is 0 Å². The number of nitrogens with one attached hydrogen (secondary N) is 1. The number of benzene rings is 1. The summed E-state index contributed by atoms with van der Waals surface area (Å²) >= 11 is 9.02. The molecule has 1 fully saturated rings. The van der Waals surface area contributed by atoms with Crippen LogP contribution in [0.1, 0.15) is 18.4 Å². The monoisotopic (exact) mass is 340 g/mol. The summed E-state index contributed by atoms with van der Waals surface area (Å²) in [6.07, 6.45) is 3.68. The van der Waals surface area contributed by atoms with E-state index in [0.29, 0.717) is 6.10 Å². The minimum absolute atomic E-state index is 0.324. The molecular weight excluding hydrogens is 324 g/mol.